The lowest BCUT2D eigenvalue weighted by molar-refractivity contribution is 0.102. The first-order valence-corrected chi connectivity index (χ1v) is 7.17. The molecule has 4 nitrogen and oxygen atoms in total. The largest absolute Gasteiger partial charge is 0.351 e. The molecule has 0 radical (unpaired) electrons. The third kappa shape index (κ3) is 2.75. The molecule has 20 heavy (non-hydrogen) atoms. The van der Waals surface area contributed by atoms with Crippen molar-refractivity contribution in [3.05, 3.63) is 46.9 Å². The molecule has 0 amide bonds. The normalized spacial score (nSPS) is 10.3. The summed E-state index contributed by atoms with van der Waals surface area (Å²) in [6.07, 6.45) is 1.63. The van der Waals surface area contributed by atoms with E-state index in [1.807, 2.05) is 31.5 Å². The van der Waals surface area contributed by atoms with Crippen molar-refractivity contribution in [3.63, 3.8) is 0 Å². The van der Waals surface area contributed by atoms with Crippen LogP contribution in [0.4, 0.5) is 0 Å². The van der Waals surface area contributed by atoms with E-state index in [9.17, 15) is 4.79 Å². The number of aryl methyl sites for hydroxylation is 1. The Morgan fingerprint density at radius 2 is 2.25 bits per heavy atom. The SMILES string of the molecule is Cc1cc(C(=O)CSc2ncccc2C#N)c(C)n1C. The number of nitriles is 1. The van der Waals surface area contributed by atoms with Gasteiger partial charge in [0.25, 0.3) is 0 Å². The molecule has 0 saturated heterocycles. The minimum Gasteiger partial charge on any atom is -0.351 e. The Morgan fingerprint density at radius 1 is 1.50 bits per heavy atom. The third-order valence-electron chi connectivity index (χ3n) is 3.31. The van der Waals surface area contributed by atoms with Crippen molar-refractivity contribution in [2.75, 3.05) is 5.75 Å². The standard InChI is InChI=1S/C15H15N3OS/c1-10-7-13(11(2)18(10)3)14(19)9-20-15-12(8-16)5-4-6-17-15/h4-7H,9H2,1-3H3. The molecule has 0 atom stereocenters. The number of carbonyl (C=O) groups excluding carboxylic acids is 1. The van der Waals surface area contributed by atoms with Gasteiger partial charge in [-0.25, -0.2) is 4.98 Å². The molecule has 2 aromatic heterocycles. The van der Waals surface area contributed by atoms with Crippen LogP contribution in [0.25, 0.3) is 0 Å². The first-order valence-electron chi connectivity index (χ1n) is 6.18. The van der Waals surface area contributed by atoms with Gasteiger partial charge in [-0.05, 0) is 32.0 Å². The van der Waals surface area contributed by atoms with Gasteiger partial charge in [0.05, 0.1) is 11.3 Å². The highest BCUT2D eigenvalue weighted by Gasteiger charge is 2.15. The number of rotatable bonds is 4. The van der Waals surface area contributed by atoms with E-state index in [1.54, 1.807) is 18.3 Å². The Bertz CT molecular complexity index is 698. The summed E-state index contributed by atoms with van der Waals surface area (Å²) in [5.74, 6) is 0.349. The van der Waals surface area contributed by atoms with Gasteiger partial charge >= 0.3 is 0 Å². The molecule has 0 aliphatic heterocycles. The molecular formula is C15H15N3OS. The minimum atomic E-state index is 0.0609. The molecule has 0 spiro atoms. The zero-order valence-electron chi connectivity index (χ0n) is 11.7. The van der Waals surface area contributed by atoms with Crippen LogP contribution in [0.5, 0.6) is 0 Å². The van der Waals surface area contributed by atoms with Crippen LogP contribution in [0.3, 0.4) is 0 Å². The molecule has 0 aliphatic carbocycles. The third-order valence-corrected chi connectivity index (χ3v) is 4.31. The van der Waals surface area contributed by atoms with E-state index in [-0.39, 0.29) is 11.5 Å². The second-order valence-electron chi connectivity index (χ2n) is 4.52. The topological polar surface area (TPSA) is 58.7 Å². The smallest absolute Gasteiger partial charge is 0.174 e. The summed E-state index contributed by atoms with van der Waals surface area (Å²) >= 11 is 1.31. The Kier molecular flexibility index (Phi) is 4.26. The lowest BCUT2D eigenvalue weighted by Gasteiger charge is -2.03. The van der Waals surface area contributed by atoms with E-state index in [0.29, 0.717) is 10.6 Å². The van der Waals surface area contributed by atoms with Crippen LogP contribution in [0.2, 0.25) is 0 Å². The van der Waals surface area contributed by atoms with E-state index in [4.69, 9.17) is 5.26 Å². The van der Waals surface area contributed by atoms with Crippen LogP contribution in [0.15, 0.2) is 29.4 Å². The summed E-state index contributed by atoms with van der Waals surface area (Å²) in [5.41, 5.74) is 3.28. The Hall–Kier alpha value is -2.06. The van der Waals surface area contributed by atoms with Crippen LogP contribution in [0.1, 0.15) is 27.3 Å². The number of hydrogen-bond donors (Lipinski definition) is 0. The van der Waals surface area contributed by atoms with Gasteiger partial charge in [-0.2, -0.15) is 5.26 Å². The van der Waals surface area contributed by atoms with E-state index in [0.717, 1.165) is 17.0 Å². The number of thioether (sulfide) groups is 1. The van der Waals surface area contributed by atoms with Crippen molar-refractivity contribution < 1.29 is 4.79 Å². The maximum atomic E-state index is 12.3. The number of aromatic nitrogens is 2. The lowest BCUT2D eigenvalue weighted by Crippen LogP contribution is -2.05. The van der Waals surface area contributed by atoms with Gasteiger partial charge in [0.1, 0.15) is 11.1 Å². The molecule has 2 aromatic rings. The van der Waals surface area contributed by atoms with Crippen LogP contribution in [-0.4, -0.2) is 21.1 Å². The summed E-state index contributed by atoms with van der Waals surface area (Å²) in [6.45, 7) is 3.91. The van der Waals surface area contributed by atoms with Crippen molar-refractivity contribution in [3.8, 4) is 6.07 Å². The fraction of sp³-hybridized carbons (Fsp3) is 0.267. The van der Waals surface area contributed by atoms with E-state index < -0.39 is 0 Å². The first kappa shape index (κ1) is 14.4. The van der Waals surface area contributed by atoms with Gasteiger partial charge < -0.3 is 4.57 Å². The maximum Gasteiger partial charge on any atom is 0.174 e. The van der Waals surface area contributed by atoms with Crippen molar-refractivity contribution in [2.24, 2.45) is 7.05 Å². The van der Waals surface area contributed by atoms with Crippen molar-refractivity contribution >= 4 is 17.5 Å². The molecule has 0 bridgehead atoms. The average molecular weight is 285 g/mol. The summed E-state index contributed by atoms with van der Waals surface area (Å²) in [5, 5.41) is 9.60. The minimum absolute atomic E-state index is 0.0609. The van der Waals surface area contributed by atoms with Crippen molar-refractivity contribution in [1.82, 2.24) is 9.55 Å². The predicted molar refractivity (Wildman–Crippen MR) is 78.9 cm³/mol. The quantitative estimate of drug-likeness (QED) is 0.640. The second-order valence-corrected chi connectivity index (χ2v) is 5.49. The molecule has 102 valence electrons. The zero-order chi connectivity index (χ0) is 14.7. The number of carbonyl (C=O) groups is 1. The highest BCUT2D eigenvalue weighted by Crippen LogP contribution is 2.22. The van der Waals surface area contributed by atoms with Crippen LogP contribution in [-0.2, 0) is 7.05 Å². The highest BCUT2D eigenvalue weighted by molar-refractivity contribution is 8.00. The van der Waals surface area contributed by atoms with E-state index in [1.165, 1.54) is 11.8 Å². The van der Waals surface area contributed by atoms with Gasteiger partial charge in [-0.1, -0.05) is 11.8 Å². The van der Waals surface area contributed by atoms with E-state index >= 15 is 0 Å². The van der Waals surface area contributed by atoms with Crippen LogP contribution in [0, 0.1) is 25.2 Å². The monoisotopic (exact) mass is 285 g/mol. The van der Waals surface area contributed by atoms with E-state index in [2.05, 4.69) is 11.1 Å². The molecule has 5 heteroatoms. The molecule has 0 aliphatic rings. The number of hydrogen-bond acceptors (Lipinski definition) is 4. The van der Waals surface area contributed by atoms with Gasteiger partial charge in [-0.3, -0.25) is 4.79 Å². The van der Waals surface area contributed by atoms with Crippen LogP contribution >= 0.6 is 11.8 Å². The molecule has 0 fully saturated rings. The molecular weight excluding hydrogens is 270 g/mol. The first-order chi connectivity index (χ1) is 9.54. The highest BCUT2D eigenvalue weighted by atomic mass is 32.2. The Labute approximate surface area is 122 Å². The summed E-state index contributed by atoms with van der Waals surface area (Å²) in [7, 11) is 1.95. The van der Waals surface area contributed by atoms with Crippen molar-refractivity contribution in [2.45, 2.75) is 18.9 Å². The Morgan fingerprint density at radius 3 is 2.85 bits per heavy atom. The second kappa shape index (κ2) is 5.93. The van der Waals surface area contributed by atoms with Gasteiger partial charge in [-0.15, -0.1) is 0 Å². The molecule has 0 N–H and O–H groups in total. The fourth-order valence-electron chi connectivity index (χ4n) is 1.94. The Balaban J connectivity index is 2.13. The summed E-state index contributed by atoms with van der Waals surface area (Å²) in [4.78, 5) is 16.4. The average Bonchev–Trinajstić information content (AvgIpc) is 2.72. The molecule has 2 rings (SSSR count). The number of pyridine rings is 1. The predicted octanol–water partition coefficient (Wildman–Crippen LogP) is 2.88. The van der Waals surface area contributed by atoms with Gasteiger partial charge in [0, 0.05) is 30.2 Å². The zero-order valence-corrected chi connectivity index (χ0v) is 12.5. The number of nitrogens with zero attached hydrogens (tertiary/aromatic N) is 3. The fourth-order valence-corrected chi connectivity index (χ4v) is 2.77. The lowest BCUT2D eigenvalue weighted by atomic mass is 10.2. The molecule has 0 aromatic carbocycles. The number of Topliss-reactive ketones (excluding diaryl/α,β-unsaturated/α-hetero) is 1. The van der Waals surface area contributed by atoms with Gasteiger partial charge in [0.15, 0.2) is 5.78 Å². The maximum absolute atomic E-state index is 12.3. The molecule has 2 heterocycles. The number of ketones is 1. The van der Waals surface area contributed by atoms with Crippen LogP contribution < -0.4 is 0 Å². The molecule has 0 saturated carbocycles. The molecule has 0 unspecified atom stereocenters. The summed E-state index contributed by atoms with van der Waals surface area (Å²) < 4.78 is 2.00. The van der Waals surface area contributed by atoms with Crippen molar-refractivity contribution in [1.29, 1.82) is 5.26 Å². The summed E-state index contributed by atoms with van der Waals surface area (Å²) in [6, 6.07) is 7.41. The van der Waals surface area contributed by atoms with Gasteiger partial charge in [0.2, 0.25) is 0 Å².